The van der Waals surface area contributed by atoms with E-state index in [4.69, 9.17) is 16.3 Å². The molecule has 2 nitrogen and oxygen atoms in total. The fourth-order valence-corrected chi connectivity index (χ4v) is 4.38. The molecule has 1 saturated carbocycles. The highest BCUT2D eigenvalue weighted by Gasteiger charge is 2.55. The number of hydrogen-bond acceptors (Lipinski definition) is 2. The Labute approximate surface area is 133 Å². The molecule has 2 fully saturated rings. The molecule has 0 radical (unpaired) electrons. The summed E-state index contributed by atoms with van der Waals surface area (Å²) in [7, 11) is 0. The molecule has 0 aromatic heterocycles. The molecule has 1 aliphatic heterocycles. The Morgan fingerprint density at radius 3 is 2.57 bits per heavy atom. The zero-order valence-electron chi connectivity index (χ0n) is 13.1. The van der Waals surface area contributed by atoms with Crippen LogP contribution in [0, 0.1) is 5.41 Å². The molecule has 3 heteroatoms. The summed E-state index contributed by atoms with van der Waals surface area (Å²) in [6.45, 7) is 7.35. The van der Waals surface area contributed by atoms with Gasteiger partial charge in [-0.3, -0.25) is 0 Å². The number of benzene rings is 1. The highest BCUT2D eigenvalue weighted by atomic mass is 35.5. The van der Waals surface area contributed by atoms with Crippen molar-refractivity contribution in [2.24, 2.45) is 5.41 Å². The average molecular weight is 308 g/mol. The van der Waals surface area contributed by atoms with Crippen LogP contribution >= 0.6 is 11.6 Å². The van der Waals surface area contributed by atoms with E-state index in [-0.39, 0.29) is 5.41 Å². The van der Waals surface area contributed by atoms with Crippen molar-refractivity contribution in [2.75, 3.05) is 19.8 Å². The van der Waals surface area contributed by atoms with Crippen LogP contribution in [-0.2, 0) is 10.2 Å². The largest absolute Gasteiger partial charge is 0.381 e. The van der Waals surface area contributed by atoms with Gasteiger partial charge in [0.2, 0.25) is 0 Å². The van der Waals surface area contributed by atoms with Crippen molar-refractivity contribution in [3.63, 3.8) is 0 Å². The average Bonchev–Trinajstić information content (AvgIpc) is 2.43. The van der Waals surface area contributed by atoms with Crippen molar-refractivity contribution in [1.29, 1.82) is 0 Å². The smallest absolute Gasteiger partial charge is 0.0471 e. The Morgan fingerprint density at radius 1 is 1.24 bits per heavy atom. The first-order valence-electron chi connectivity index (χ1n) is 8.11. The second-order valence-corrected chi connectivity index (χ2v) is 7.73. The van der Waals surface area contributed by atoms with Crippen LogP contribution in [0.15, 0.2) is 24.3 Å². The van der Waals surface area contributed by atoms with Gasteiger partial charge < -0.3 is 10.1 Å². The summed E-state index contributed by atoms with van der Waals surface area (Å²) in [6, 6.07) is 8.99. The molecule has 1 N–H and O–H groups in total. The van der Waals surface area contributed by atoms with E-state index in [2.05, 4.69) is 37.4 Å². The van der Waals surface area contributed by atoms with Gasteiger partial charge in [-0.15, -0.1) is 0 Å². The molecule has 0 unspecified atom stereocenters. The highest BCUT2D eigenvalue weighted by Crippen LogP contribution is 2.60. The summed E-state index contributed by atoms with van der Waals surface area (Å²) >= 11 is 6.23. The van der Waals surface area contributed by atoms with E-state index < -0.39 is 0 Å². The molecule has 1 aromatic rings. The number of ether oxygens (including phenoxy) is 1. The van der Waals surface area contributed by atoms with Gasteiger partial charge in [0.25, 0.3) is 0 Å². The molecule has 21 heavy (non-hydrogen) atoms. The van der Waals surface area contributed by atoms with E-state index in [0.29, 0.717) is 11.5 Å². The molecule has 0 bridgehead atoms. The molecule has 0 amide bonds. The van der Waals surface area contributed by atoms with Crippen molar-refractivity contribution < 1.29 is 4.74 Å². The quantitative estimate of drug-likeness (QED) is 0.901. The third kappa shape index (κ3) is 3.13. The van der Waals surface area contributed by atoms with Crippen molar-refractivity contribution in [3.8, 4) is 0 Å². The van der Waals surface area contributed by atoms with Crippen LogP contribution in [0.5, 0.6) is 0 Å². The van der Waals surface area contributed by atoms with Crippen molar-refractivity contribution >= 4 is 11.6 Å². The Morgan fingerprint density at radius 2 is 1.95 bits per heavy atom. The van der Waals surface area contributed by atoms with Crippen molar-refractivity contribution in [2.45, 2.75) is 51.0 Å². The summed E-state index contributed by atoms with van der Waals surface area (Å²) in [5.74, 6) is 0. The molecular weight excluding hydrogens is 282 g/mol. The van der Waals surface area contributed by atoms with Crippen molar-refractivity contribution in [3.05, 3.63) is 34.9 Å². The van der Waals surface area contributed by atoms with E-state index in [9.17, 15) is 0 Å². The van der Waals surface area contributed by atoms with Gasteiger partial charge in [0.15, 0.2) is 0 Å². The van der Waals surface area contributed by atoms with Crippen LogP contribution in [-0.4, -0.2) is 25.8 Å². The minimum atomic E-state index is 0.256. The Hall–Kier alpha value is -0.570. The van der Waals surface area contributed by atoms with Gasteiger partial charge in [-0.05, 0) is 48.8 Å². The van der Waals surface area contributed by atoms with Crippen LogP contribution < -0.4 is 5.32 Å². The van der Waals surface area contributed by atoms with Gasteiger partial charge in [-0.25, -0.2) is 0 Å². The summed E-state index contributed by atoms with van der Waals surface area (Å²) in [5.41, 5.74) is 2.17. The van der Waals surface area contributed by atoms with Crippen LogP contribution in [0.2, 0.25) is 5.02 Å². The van der Waals surface area contributed by atoms with Gasteiger partial charge in [0.1, 0.15) is 0 Å². The topological polar surface area (TPSA) is 21.3 Å². The Bertz CT molecular complexity index is 486. The van der Waals surface area contributed by atoms with Crippen LogP contribution in [0.1, 0.15) is 45.1 Å². The van der Waals surface area contributed by atoms with Crippen LogP contribution in [0.3, 0.4) is 0 Å². The van der Waals surface area contributed by atoms with Crippen LogP contribution in [0.4, 0.5) is 0 Å². The standard InChI is InChI=1S/C18H26ClNO/c1-14(2)20-13-18(15-4-3-5-16(19)10-15)11-17(12-18)6-8-21-9-7-17/h3-5,10,14,20H,6-9,11-13H2,1-2H3. The predicted molar refractivity (Wildman–Crippen MR) is 88.0 cm³/mol. The number of hydrogen-bond donors (Lipinski definition) is 1. The molecule has 1 aliphatic carbocycles. The Kier molecular flexibility index (Phi) is 4.31. The lowest BCUT2D eigenvalue weighted by Gasteiger charge is -2.59. The zero-order valence-corrected chi connectivity index (χ0v) is 13.9. The molecular formula is C18H26ClNO. The lowest BCUT2D eigenvalue weighted by Crippen LogP contribution is -2.57. The third-order valence-corrected chi connectivity index (χ3v) is 5.50. The van der Waals surface area contributed by atoms with Crippen molar-refractivity contribution in [1.82, 2.24) is 5.32 Å². The molecule has 0 atom stereocenters. The molecule has 1 aromatic carbocycles. The third-order valence-electron chi connectivity index (χ3n) is 5.27. The summed E-state index contributed by atoms with van der Waals surface area (Å²) < 4.78 is 5.56. The first-order chi connectivity index (χ1) is 10.0. The maximum absolute atomic E-state index is 6.23. The highest BCUT2D eigenvalue weighted by molar-refractivity contribution is 6.30. The minimum Gasteiger partial charge on any atom is -0.381 e. The summed E-state index contributed by atoms with van der Waals surface area (Å²) in [4.78, 5) is 0. The van der Waals surface area contributed by atoms with Gasteiger partial charge in [0, 0.05) is 36.2 Å². The fraction of sp³-hybridized carbons (Fsp3) is 0.667. The second-order valence-electron chi connectivity index (χ2n) is 7.29. The summed E-state index contributed by atoms with van der Waals surface area (Å²) in [6.07, 6.45) is 4.97. The predicted octanol–water partition coefficient (Wildman–Crippen LogP) is 4.17. The van der Waals surface area contributed by atoms with E-state index in [0.717, 1.165) is 24.8 Å². The molecule has 2 aliphatic rings. The molecule has 3 rings (SSSR count). The number of nitrogens with one attached hydrogen (secondary N) is 1. The molecule has 1 saturated heterocycles. The molecule has 1 spiro atoms. The number of rotatable bonds is 4. The Balaban J connectivity index is 1.80. The van der Waals surface area contributed by atoms with Gasteiger partial charge in [0.05, 0.1) is 0 Å². The van der Waals surface area contributed by atoms with Gasteiger partial charge >= 0.3 is 0 Å². The van der Waals surface area contributed by atoms with E-state index in [1.807, 2.05) is 6.07 Å². The maximum atomic E-state index is 6.23. The maximum Gasteiger partial charge on any atom is 0.0471 e. The normalized spacial score (nSPS) is 23.2. The number of halogens is 1. The first-order valence-corrected chi connectivity index (χ1v) is 8.49. The first kappa shape index (κ1) is 15.3. The van der Waals surface area contributed by atoms with E-state index in [1.165, 1.54) is 31.2 Å². The second kappa shape index (κ2) is 5.91. The monoisotopic (exact) mass is 307 g/mol. The lowest BCUT2D eigenvalue weighted by atomic mass is 9.48. The lowest BCUT2D eigenvalue weighted by molar-refractivity contribution is -0.0741. The minimum absolute atomic E-state index is 0.256. The molecule has 1 heterocycles. The molecule has 116 valence electrons. The summed E-state index contributed by atoms with van der Waals surface area (Å²) in [5, 5.41) is 4.51. The van der Waals surface area contributed by atoms with Gasteiger partial charge in [-0.1, -0.05) is 37.6 Å². The zero-order chi connectivity index (χ0) is 14.9. The van der Waals surface area contributed by atoms with E-state index >= 15 is 0 Å². The van der Waals surface area contributed by atoms with Crippen LogP contribution in [0.25, 0.3) is 0 Å². The SMILES string of the molecule is CC(C)NCC1(c2cccc(Cl)c2)CC2(CCOCC2)C1. The van der Waals surface area contributed by atoms with E-state index in [1.54, 1.807) is 0 Å². The van der Waals surface area contributed by atoms with Gasteiger partial charge in [-0.2, -0.15) is 0 Å². The fourth-order valence-electron chi connectivity index (χ4n) is 4.19.